The third kappa shape index (κ3) is 8.29. The first-order valence-corrected chi connectivity index (χ1v) is 14.7. The highest BCUT2D eigenvalue weighted by Gasteiger charge is 2.36. The average Bonchev–Trinajstić information content (AvgIpc) is 2.79. The molecule has 198 valence electrons. The number of halogens is 3. The van der Waals surface area contributed by atoms with E-state index < -0.39 is 20.2 Å². The van der Waals surface area contributed by atoms with Crippen molar-refractivity contribution in [1.82, 2.24) is 15.0 Å². The van der Waals surface area contributed by atoms with Gasteiger partial charge in [0.1, 0.15) is 23.0 Å². The van der Waals surface area contributed by atoms with Gasteiger partial charge < -0.3 is 20.2 Å². The minimum Gasteiger partial charge on any atom is -0.457 e. The van der Waals surface area contributed by atoms with Gasteiger partial charge in [-0.1, -0.05) is 26.8 Å². The highest BCUT2D eigenvalue weighted by Crippen LogP contribution is 2.36. The Hall–Kier alpha value is -3.44. The quantitative estimate of drug-likeness (QED) is 0.219. The van der Waals surface area contributed by atoms with Gasteiger partial charge in [0, 0.05) is 30.6 Å². The molecule has 7 nitrogen and oxygen atoms in total. The summed E-state index contributed by atoms with van der Waals surface area (Å²) in [6, 6.07) is 10.7. The van der Waals surface area contributed by atoms with Crippen LogP contribution >= 0.6 is 0 Å². The van der Waals surface area contributed by atoms with Gasteiger partial charge in [0.2, 0.25) is 5.95 Å². The molecule has 0 radical (unpaired) electrons. The molecule has 1 aromatic carbocycles. The molecule has 0 atom stereocenters. The number of aromatic nitrogens is 3. The monoisotopic (exact) mass is 531 g/mol. The van der Waals surface area contributed by atoms with Gasteiger partial charge in [-0.25, -0.2) is 4.98 Å². The summed E-state index contributed by atoms with van der Waals surface area (Å²) in [6.07, 6.45) is 1.13. The number of nitrogens with zero attached hydrogens (tertiary/aromatic N) is 3. The van der Waals surface area contributed by atoms with Gasteiger partial charge in [0.15, 0.2) is 8.32 Å². The van der Waals surface area contributed by atoms with E-state index >= 15 is 0 Å². The first kappa shape index (κ1) is 28.1. The smallest absolute Gasteiger partial charge is 0.433 e. The van der Waals surface area contributed by atoms with E-state index in [4.69, 9.17) is 14.9 Å². The number of nitrogen functional groups attached to an aromatic ring is 1. The summed E-state index contributed by atoms with van der Waals surface area (Å²) in [5, 5.41) is 3.31. The molecule has 0 spiro atoms. The first-order valence-electron chi connectivity index (χ1n) is 11.8. The Morgan fingerprint density at radius 3 is 2.35 bits per heavy atom. The largest absolute Gasteiger partial charge is 0.457 e. The molecule has 0 saturated heterocycles. The van der Waals surface area contributed by atoms with Gasteiger partial charge in [-0.05, 0) is 61.0 Å². The van der Waals surface area contributed by atoms with Crippen LogP contribution in [-0.2, 0) is 10.6 Å². The lowest BCUT2D eigenvalue weighted by atomic mass is 10.2. The van der Waals surface area contributed by atoms with Crippen LogP contribution < -0.4 is 15.8 Å². The van der Waals surface area contributed by atoms with E-state index in [1.807, 2.05) is 12.2 Å². The lowest BCUT2D eigenvalue weighted by molar-refractivity contribution is -0.141. The minimum absolute atomic E-state index is 0.0396. The number of alkyl halides is 3. The maximum atomic E-state index is 12.9. The van der Waals surface area contributed by atoms with Crippen molar-refractivity contribution in [3.63, 3.8) is 0 Å². The molecule has 2 heterocycles. The zero-order valence-corrected chi connectivity index (χ0v) is 22.6. The van der Waals surface area contributed by atoms with Crippen molar-refractivity contribution >= 4 is 31.8 Å². The van der Waals surface area contributed by atoms with Gasteiger partial charge in [-0.2, -0.15) is 18.2 Å². The van der Waals surface area contributed by atoms with Crippen LogP contribution in [0, 0.1) is 0 Å². The number of rotatable bonds is 9. The van der Waals surface area contributed by atoms with Crippen LogP contribution in [0.1, 0.15) is 38.6 Å². The van der Waals surface area contributed by atoms with Crippen LogP contribution in [0.25, 0.3) is 6.08 Å². The molecule has 3 N–H and O–H groups in total. The van der Waals surface area contributed by atoms with Gasteiger partial charge in [-0.3, -0.25) is 4.98 Å². The van der Waals surface area contributed by atoms with Gasteiger partial charge >= 0.3 is 6.18 Å². The SMILES string of the molecule is CC(C)(C)[Si](C)(C)OCCC=Cc1cc(Nc2ccc(Oc3ccnc(C(F)(F)F)c3)cc2)nc(N)n1. The van der Waals surface area contributed by atoms with Crippen LogP contribution in [0.15, 0.2) is 54.7 Å². The van der Waals surface area contributed by atoms with E-state index in [0.29, 0.717) is 29.6 Å². The Morgan fingerprint density at radius 2 is 1.70 bits per heavy atom. The van der Waals surface area contributed by atoms with Crippen LogP contribution in [0.2, 0.25) is 18.1 Å². The molecule has 0 unspecified atom stereocenters. The van der Waals surface area contributed by atoms with Crippen molar-refractivity contribution < 1.29 is 22.3 Å². The molecular formula is C26H32F3N5O2Si. The normalized spacial score (nSPS) is 12.6. The van der Waals surface area contributed by atoms with E-state index in [1.165, 1.54) is 6.07 Å². The Bertz CT molecular complexity index is 1230. The van der Waals surface area contributed by atoms with Gasteiger partial charge in [-0.15, -0.1) is 0 Å². The van der Waals surface area contributed by atoms with E-state index in [2.05, 4.69) is 54.1 Å². The molecule has 0 aliphatic heterocycles. The maximum Gasteiger partial charge on any atom is 0.433 e. The molecule has 37 heavy (non-hydrogen) atoms. The zero-order chi connectivity index (χ0) is 27.3. The second-order valence-corrected chi connectivity index (χ2v) is 14.8. The number of pyridine rings is 1. The molecule has 0 bridgehead atoms. The van der Waals surface area contributed by atoms with Gasteiger partial charge in [0.25, 0.3) is 0 Å². The highest BCUT2D eigenvalue weighted by atomic mass is 28.4. The fraction of sp³-hybridized carbons (Fsp3) is 0.346. The third-order valence-electron chi connectivity index (χ3n) is 5.99. The predicted molar refractivity (Wildman–Crippen MR) is 142 cm³/mol. The second kappa shape index (κ2) is 11.3. The fourth-order valence-electron chi connectivity index (χ4n) is 2.96. The van der Waals surface area contributed by atoms with E-state index in [9.17, 15) is 13.2 Å². The van der Waals surface area contributed by atoms with Crippen LogP contribution in [0.3, 0.4) is 0 Å². The summed E-state index contributed by atoms with van der Waals surface area (Å²) in [5.41, 5.74) is 6.21. The number of hydrogen-bond donors (Lipinski definition) is 2. The van der Waals surface area contributed by atoms with E-state index in [-0.39, 0.29) is 16.7 Å². The summed E-state index contributed by atoms with van der Waals surface area (Å²) >= 11 is 0. The average molecular weight is 532 g/mol. The summed E-state index contributed by atoms with van der Waals surface area (Å²) in [7, 11) is -1.78. The van der Waals surface area contributed by atoms with Crippen molar-refractivity contribution in [2.75, 3.05) is 17.7 Å². The Labute approximate surface area is 216 Å². The molecular weight excluding hydrogens is 499 g/mol. The maximum absolute atomic E-state index is 12.9. The summed E-state index contributed by atoms with van der Waals surface area (Å²) in [6.45, 7) is 11.7. The summed E-state index contributed by atoms with van der Waals surface area (Å²) in [5.74, 6) is 1.04. The van der Waals surface area contributed by atoms with Crippen LogP contribution in [-0.4, -0.2) is 29.9 Å². The van der Waals surface area contributed by atoms with Crippen LogP contribution in [0.4, 0.5) is 30.6 Å². The minimum atomic E-state index is -4.54. The number of benzene rings is 1. The first-order chi connectivity index (χ1) is 17.2. The number of anilines is 3. The number of ether oxygens (including phenoxy) is 1. The number of nitrogens with two attached hydrogens (primary N) is 1. The van der Waals surface area contributed by atoms with Crippen molar-refractivity contribution in [2.24, 2.45) is 0 Å². The van der Waals surface area contributed by atoms with Crippen molar-refractivity contribution in [1.29, 1.82) is 0 Å². The standard InChI is InChI=1S/C26H32F3N5O2Si/c1-25(2,3)37(4,5)35-15-7-6-8-19-16-23(34-24(30)33-19)32-18-9-11-20(12-10-18)36-21-13-14-31-22(17-21)26(27,28)29/h6,8-14,16-17H,7,15H2,1-5H3,(H3,30,32,33,34). The predicted octanol–water partition coefficient (Wildman–Crippen LogP) is 7.43. The molecule has 3 aromatic rings. The topological polar surface area (TPSA) is 95.2 Å². The number of hydrogen-bond acceptors (Lipinski definition) is 7. The molecule has 3 rings (SSSR count). The molecule has 0 aliphatic carbocycles. The molecule has 0 amide bonds. The number of nitrogens with one attached hydrogen (secondary N) is 1. The van der Waals surface area contributed by atoms with Crippen LogP contribution in [0.5, 0.6) is 11.5 Å². The highest BCUT2D eigenvalue weighted by molar-refractivity contribution is 6.74. The molecule has 0 aliphatic rings. The van der Waals surface area contributed by atoms with Gasteiger partial charge in [0.05, 0.1) is 5.69 Å². The molecule has 2 aromatic heterocycles. The molecule has 0 saturated carbocycles. The van der Waals surface area contributed by atoms with Crippen molar-refractivity contribution in [3.8, 4) is 11.5 Å². The Morgan fingerprint density at radius 1 is 1.00 bits per heavy atom. The molecule has 11 heteroatoms. The lowest BCUT2D eigenvalue weighted by Gasteiger charge is -2.36. The fourth-order valence-corrected chi connectivity index (χ4v) is 4.02. The van der Waals surface area contributed by atoms with Crippen molar-refractivity contribution in [3.05, 3.63) is 66.1 Å². The second-order valence-electron chi connectivity index (χ2n) is 9.96. The summed E-state index contributed by atoms with van der Waals surface area (Å²) in [4.78, 5) is 11.8. The molecule has 0 fully saturated rings. The third-order valence-corrected chi connectivity index (χ3v) is 10.5. The zero-order valence-electron chi connectivity index (χ0n) is 21.6. The summed E-state index contributed by atoms with van der Waals surface area (Å²) < 4.78 is 50.3. The lowest BCUT2D eigenvalue weighted by Crippen LogP contribution is -2.40. The Kier molecular flexibility index (Phi) is 8.59. The van der Waals surface area contributed by atoms with Crippen molar-refractivity contribution in [2.45, 2.75) is 51.5 Å². The van der Waals surface area contributed by atoms with E-state index in [1.54, 1.807) is 30.3 Å². The Balaban J connectivity index is 1.59. The van der Waals surface area contributed by atoms with E-state index in [0.717, 1.165) is 18.7 Å².